The molecule has 0 atom stereocenters. The molecule has 0 saturated heterocycles. The summed E-state index contributed by atoms with van der Waals surface area (Å²) in [6.07, 6.45) is 0. The van der Waals surface area contributed by atoms with Crippen molar-refractivity contribution in [3.8, 4) is 5.75 Å². The van der Waals surface area contributed by atoms with E-state index in [0.717, 1.165) is 24.2 Å². The highest BCUT2D eigenvalue weighted by molar-refractivity contribution is 5.40. The van der Waals surface area contributed by atoms with Gasteiger partial charge in [0.1, 0.15) is 6.61 Å². The molecule has 100 valence electrons. The Morgan fingerprint density at radius 2 is 1.94 bits per heavy atom. The first-order valence-electron chi connectivity index (χ1n) is 6.68. The predicted molar refractivity (Wildman–Crippen MR) is 71.5 cm³/mol. The molecule has 18 heavy (non-hydrogen) atoms. The highest BCUT2D eigenvalue weighted by atomic mass is 19.1. The molecule has 1 aromatic carbocycles. The van der Waals surface area contributed by atoms with Gasteiger partial charge in [-0.3, -0.25) is 4.90 Å². The van der Waals surface area contributed by atoms with Gasteiger partial charge in [-0.15, -0.1) is 0 Å². The SMILES string of the molecule is CC(C)c1cc(F)c2c(c1)CN(C(C)C)CCO2. The summed E-state index contributed by atoms with van der Waals surface area (Å²) in [5, 5.41) is 0. The number of hydrogen-bond donors (Lipinski definition) is 0. The summed E-state index contributed by atoms with van der Waals surface area (Å²) >= 11 is 0. The van der Waals surface area contributed by atoms with Crippen LogP contribution in [0.5, 0.6) is 5.75 Å². The minimum atomic E-state index is -0.221. The Labute approximate surface area is 109 Å². The third-order valence-electron chi connectivity index (χ3n) is 3.54. The molecule has 0 aromatic heterocycles. The van der Waals surface area contributed by atoms with Gasteiger partial charge in [0.15, 0.2) is 11.6 Å². The van der Waals surface area contributed by atoms with Crippen LogP contribution in [0.2, 0.25) is 0 Å². The molecule has 0 bridgehead atoms. The third-order valence-corrected chi connectivity index (χ3v) is 3.54. The summed E-state index contributed by atoms with van der Waals surface area (Å²) < 4.78 is 19.6. The van der Waals surface area contributed by atoms with Crippen LogP contribution in [0, 0.1) is 5.82 Å². The number of halogens is 1. The van der Waals surface area contributed by atoms with E-state index in [1.54, 1.807) is 6.07 Å². The van der Waals surface area contributed by atoms with Crippen LogP contribution in [-0.2, 0) is 6.54 Å². The monoisotopic (exact) mass is 251 g/mol. The molecule has 0 spiro atoms. The first-order chi connectivity index (χ1) is 8.49. The first kappa shape index (κ1) is 13.3. The topological polar surface area (TPSA) is 12.5 Å². The molecule has 3 heteroatoms. The summed E-state index contributed by atoms with van der Waals surface area (Å²) in [5.74, 6) is 0.560. The fourth-order valence-electron chi connectivity index (χ4n) is 2.29. The highest BCUT2D eigenvalue weighted by Crippen LogP contribution is 2.31. The lowest BCUT2D eigenvalue weighted by atomic mass is 9.99. The van der Waals surface area contributed by atoms with Crippen molar-refractivity contribution in [2.45, 2.75) is 46.2 Å². The van der Waals surface area contributed by atoms with E-state index in [0.29, 0.717) is 24.3 Å². The zero-order valence-corrected chi connectivity index (χ0v) is 11.7. The molecule has 1 aliphatic heterocycles. The molecule has 0 saturated carbocycles. The van der Waals surface area contributed by atoms with Gasteiger partial charge in [-0.05, 0) is 31.4 Å². The molecule has 1 heterocycles. The van der Waals surface area contributed by atoms with Crippen LogP contribution < -0.4 is 4.74 Å². The molecular formula is C15H22FNO. The second-order valence-corrected chi connectivity index (χ2v) is 5.56. The van der Waals surface area contributed by atoms with Crippen LogP contribution >= 0.6 is 0 Å². The Balaban J connectivity index is 2.39. The van der Waals surface area contributed by atoms with Crippen LogP contribution in [0.1, 0.15) is 44.7 Å². The molecule has 0 amide bonds. The number of benzene rings is 1. The van der Waals surface area contributed by atoms with Crippen LogP contribution in [0.25, 0.3) is 0 Å². The fourth-order valence-corrected chi connectivity index (χ4v) is 2.29. The van der Waals surface area contributed by atoms with Gasteiger partial charge in [0, 0.05) is 24.7 Å². The lowest BCUT2D eigenvalue weighted by Crippen LogP contribution is -2.32. The van der Waals surface area contributed by atoms with Crippen molar-refractivity contribution in [3.05, 3.63) is 29.1 Å². The summed E-state index contributed by atoms with van der Waals surface area (Å²) in [4.78, 5) is 2.31. The minimum absolute atomic E-state index is 0.221. The van der Waals surface area contributed by atoms with Gasteiger partial charge in [0.2, 0.25) is 0 Å². The van der Waals surface area contributed by atoms with Crippen molar-refractivity contribution >= 4 is 0 Å². The molecule has 0 fully saturated rings. The summed E-state index contributed by atoms with van der Waals surface area (Å²) in [5.41, 5.74) is 2.02. The van der Waals surface area contributed by atoms with E-state index in [-0.39, 0.29) is 5.82 Å². The number of hydrogen-bond acceptors (Lipinski definition) is 2. The van der Waals surface area contributed by atoms with Crippen molar-refractivity contribution in [2.24, 2.45) is 0 Å². The second-order valence-electron chi connectivity index (χ2n) is 5.56. The Hall–Kier alpha value is -1.09. The normalized spacial score (nSPS) is 16.6. The molecule has 1 aromatic rings. The molecular weight excluding hydrogens is 229 g/mol. The van der Waals surface area contributed by atoms with Crippen molar-refractivity contribution in [1.82, 2.24) is 4.90 Å². The van der Waals surface area contributed by atoms with E-state index in [9.17, 15) is 4.39 Å². The molecule has 2 rings (SSSR count). The highest BCUT2D eigenvalue weighted by Gasteiger charge is 2.21. The Kier molecular flexibility index (Phi) is 3.91. The third kappa shape index (κ3) is 2.66. The molecule has 0 unspecified atom stereocenters. The number of rotatable bonds is 2. The zero-order valence-electron chi connectivity index (χ0n) is 11.7. The van der Waals surface area contributed by atoms with Gasteiger partial charge >= 0.3 is 0 Å². The fraction of sp³-hybridized carbons (Fsp3) is 0.600. The van der Waals surface area contributed by atoms with Crippen LogP contribution in [0.15, 0.2) is 12.1 Å². The smallest absolute Gasteiger partial charge is 0.165 e. The minimum Gasteiger partial charge on any atom is -0.489 e. The van der Waals surface area contributed by atoms with Crippen molar-refractivity contribution in [2.75, 3.05) is 13.2 Å². The maximum atomic E-state index is 14.1. The Morgan fingerprint density at radius 1 is 1.22 bits per heavy atom. The lowest BCUT2D eigenvalue weighted by molar-refractivity contribution is 0.187. The average Bonchev–Trinajstić information content (AvgIpc) is 2.51. The number of fused-ring (bicyclic) bond motifs is 1. The molecule has 1 aliphatic rings. The van der Waals surface area contributed by atoms with Crippen LogP contribution in [0.4, 0.5) is 4.39 Å². The zero-order chi connectivity index (χ0) is 13.3. The standard InChI is InChI=1S/C15H22FNO/c1-10(2)12-7-13-9-17(11(3)4)5-6-18-15(13)14(16)8-12/h7-8,10-11H,5-6,9H2,1-4H3. The van der Waals surface area contributed by atoms with Crippen molar-refractivity contribution < 1.29 is 9.13 Å². The van der Waals surface area contributed by atoms with E-state index in [1.807, 2.05) is 0 Å². The Bertz CT molecular complexity index is 429. The Morgan fingerprint density at radius 3 is 2.56 bits per heavy atom. The van der Waals surface area contributed by atoms with Gasteiger partial charge in [0.25, 0.3) is 0 Å². The van der Waals surface area contributed by atoms with E-state index in [2.05, 4.69) is 38.7 Å². The predicted octanol–water partition coefficient (Wildman–Crippen LogP) is 3.55. The lowest BCUT2D eigenvalue weighted by Gasteiger charge is -2.23. The molecule has 0 radical (unpaired) electrons. The van der Waals surface area contributed by atoms with E-state index >= 15 is 0 Å². The maximum Gasteiger partial charge on any atom is 0.165 e. The van der Waals surface area contributed by atoms with Crippen molar-refractivity contribution in [1.29, 1.82) is 0 Å². The van der Waals surface area contributed by atoms with E-state index in [4.69, 9.17) is 4.74 Å². The van der Waals surface area contributed by atoms with Gasteiger partial charge < -0.3 is 4.74 Å². The average molecular weight is 251 g/mol. The van der Waals surface area contributed by atoms with Crippen LogP contribution in [0.3, 0.4) is 0 Å². The van der Waals surface area contributed by atoms with Gasteiger partial charge in [-0.2, -0.15) is 0 Å². The van der Waals surface area contributed by atoms with Gasteiger partial charge in [0.05, 0.1) is 0 Å². The molecule has 2 nitrogen and oxygen atoms in total. The summed E-state index contributed by atoms with van der Waals surface area (Å²) in [7, 11) is 0. The molecule has 0 N–H and O–H groups in total. The summed E-state index contributed by atoms with van der Waals surface area (Å²) in [6.45, 7) is 10.7. The molecule has 0 aliphatic carbocycles. The maximum absolute atomic E-state index is 14.1. The van der Waals surface area contributed by atoms with E-state index in [1.165, 1.54) is 0 Å². The van der Waals surface area contributed by atoms with Crippen molar-refractivity contribution in [3.63, 3.8) is 0 Å². The number of ether oxygens (including phenoxy) is 1. The first-order valence-corrected chi connectivity index (χ1v) is 6.68. The summed E-state index contributed by atoms with van der Waals surface area (Å²) in [6, 6.07) is 4.14. The van der Waals surface area contributed by atoms with Gasteiger partial charge in [-0.25, -0.2) is 4.39 Å². The number of nitrogens with zero attached hydrogens (tertiary/aromatic N) is 1. The quantitative estimate of drug-likeness (QED) is 0.797. The van der Waals surface area contributed by atoms with E-state index < -0.39 is 0 Å². The largest absolute Gasteiger partial charge is 0.489 e. The van der Waals surface area contributed by atoms with Gasteiger partial charge in [-0.1, -0.05) is 19.9 Å². The second kappa shape index (κ2) is 5.27. The van der Waals surface area contributed by atoms with Crippen LogP contribution in [-0.4, -0.2) is 24.1 Å².